The molecule has 1 aliphatic rings. The van der Waals surface area contributed by atoms with Gasteiger partial charge in [-0.25, -0.2) is 0 Å². The largest absolute Gasteiger partial charge is 0.352 e. The lowest BCUT2D eigenvalue weighted by Crippen LogP contribution is -2.46. The summed E-state index contributed by atoms with van der Waals surface area (Å²) in [5, 5.41) is 6.12. The molecule has 0 spiro atoms. The SMILES string of the molecule is CC(C)NC(=O)CN(C)C(=O)[C@H]1CCN[C@@H](C)C1.Cl. The molecule has 2 amide bonds. The third-order valence-electron chi connectivity index (χ3n) is 3.18. The van der Waals surface area contributed by atoms with E-state index >= 15 is 0 Å². The Morgan fingerprint density at radius 2 is 2.05 bits per heavy atom. The minimum Gasteiger partial charge on any atom is -0.352 e. The van der Waals surface area contributed by atoms with Crippen molar-refractivity contribution in [3.8, 4) is 0 Å². The van der Waals surface area contributed by atoms with E-state index in [-0.39, 0.29) is 42.7 Å². The van der Waals surface area contributed by atoms with E-state index in [2.05, 4.69) is 17.6 Å². The predicted octanol–water partition coefficient (Wildman–Crippen LogP) is 0.779. The quantitative estimate of drug-likeness (QED) is 0.805. The van der Waals surface area contributed by atoms with Gasteiger partial charge >= 0.3 is 0 Å². The van der Waals surface area contributed by atoms with Crippen molar-refractivity contribution in [3.63, 3.8) is 0 Å². The summed E-state index contributed by atoms with van der Waals surface area (Å²) in [5.74, 6) is 0.0446. The smallest absolute Gasteiger partial charge is 0.239 e. The zero-order chi connectivity index (χ0) is 13.7. The first-order chi connectivity index (χ1) is 8.40. The average molecular weight is 292 g/mol. The second-order valence-corrected chi connectivity index (χ2v) is 5.49. The molecule has 6 heteroatoms. The zero-order valence-corrected chi connectivity index (χ0v) is 13.0. The molecule has 2 N–H and O–H groups in total. The van der Waals surface area contributed by atoms with Crippen molar-refractivity contribution in [2.45, 2.75) is 45.7 Å². The minimum absolute atomic E-state index is 0. The number of carbonyl (C=O) groups excluding carboxylic acids is 2. The van der Waals surface area contributed by atoms with Crippen molar-refractivity contribution in [1.29, 1.82) is 0 Å². The van der Waals surface area contributed by atoms with Crippen LogP contribution in [0.4, 0.5) is 0 Å². The van der Waals surface area contributed by atoms with E-state index in [9.17, 15) is 9.59 Å². The number of halogens is 1. The Balaban J connectivity index is 0.00000324. The van der Waals surface area contributed by atoms with Crippen LogP contribution in [-0.4, -0.2) is 48.9 Å². The fraction of sp³-hybridized carbons (Fsp3) is 0.846. The molecule has 0 aromatic rings. The summed E-state index contributed by atoms with van der Waals surface area (Å²) in [6.07, 6.45) is 1.72. The molecule has 1 aliphatic heterocycles. The Morgan fingerprint density at radius 1 is 1.42 bits per heavy atom. The van der Waals surface area contributed by atoms with Crippen molar-refractivity contribution in [3.05, 3.63) is 0 Å². The number of amides is 2. The lowest BCUT2D eigenvalue weighted by molar-refractivity contribution is -0.139. The van der Waals surface area contributed by atoms with Crippen molar-refractivity contribution < 1.29 is 9.59 Å². The summed E-state index contributed by atoms with van der Waals surface area (Å²) < 4.78 is 0. The fourth-order valence-corrected chi connectivity index (χ4v) is 2.33. The van der Waals surface area contributed by atoms with Gasteiger partial charge in [-0.15, -0.1) is 12.4 Å². The van der Waals surface area contributed by atoms with Crippen LogP contribution < -0.4 is 10.6 Å². The van der Waals surface area contributed by atoms with Crippen molar-refractivity contribution >= 4 is 24.2 Å². The Hall–Kier alpha value is -0.810. The highest BCUT2D eigenvalue weighted by Gasteiger charge is 2.27. The molecule has 0 radical (unpaired) electrons. The van der Waals surface area contributed by atoms with E-state index in [4.69, 9.17) is 0 Å². The van der Waals surface area contributed by atoms with Crippen LogP contribution in [0.1, 0.15) is 33.6 Å². The Bertz CT molecular complexity index is 310. The molecule has 112 valence electrons. The van der Waals surface area contributed by atoms with Gasteiger partial charge in [0.25, 0.3) is 0 Å². The summed E-state index contributed by atoms with van der Waals surface area (Å²) in [4.78, 5) is 25.3. The van der Waals surface area contributed by atoms with Crippen molar-refractivity contribution in [2.24, 2.45) is 5.92 Å². The van der Waals surface area contributed by atoms with E-state index in [1.165, 1.54) is 0 Å². The van der Waals surface area contributed by atoms with E-state index in [0.29, 0.717) is 6.04 Å². The van der Waals surface area contributed by atoms with Gasteiger partial charge in [0.2, 0.25) is 11.8 Å². The number of nitrogens with one attached hydrogen (secondary N) is 2. The van der Waals surface area contributed by atoms with E-state index < -0.39 is 0 Å². The Morgan fingerprint density at radius 3 is 2.58 bits per heavy atom. The van der Waals surface area contributed by atoms with Crippen LogP contribution in [0, 0.1) is 5.92 Å². The van der Waals surface area contributed by atoms with Crippen molar-refractivity contribution in [1.82, 2.24) is 15.5 Å². The van der Waals surface area contributed by atoms with Gasteiger partial charge < -0.3 is 15.5 Å². The average Bonchev–Trinajstić information content (AvgIpc) is 2.26. The lowest BCUT2D eigenvalue weighted by atomic mass is 9.92. The van der Waals surface area contributed by atoms with E-state index in [1.807, 2.05) is 13.8 Å². The lowest BCUT2D eigenvalue weighted by Gasteiger charge is -2.30. The van der Waals surface area contributed by atoms with Gasteiger partial charge in [-0.2, -0.15) is 0 Å². The summed E-state index contributed by atoms with van der Waals surface area (Å²) in [5.41, 5.74) is 0. The maximum Gasteiger partial charge on any atom is 0.239 e. The van der Waals surface area contributed by atoms with Crippen LogP contribution in [-0.2, 0) is 9.59 Å². The van der Waals surface area contributed by atoms with E-state index in [0.717, 1.165) is 19.4 Å². The Kier molecular flexibility index (Phi) is 8.02. The molecule has 5 nitrogen and oxygen atoms in total. The number of likely N-dealkylation sites (N-methyl/N-ethyl adjacent to an activating group) is 1. The first kappa shape index (κ1) is 18.2. The van der Waals surface area contributed by atoms with Gasteiger partial charge in [0, 0.05) is 25.0 Å². The fourth-order valence-electron chi connectivity index (χ4n) is 2.33. The molecule has 0 bridgehead atoms. The van der Waals surface area contributed by atoms with Gasteiger partial charge in [0.05, 0.1) is 6.54 Å². The first-order valence-corrected chi connectivity index (χ1v) is 6.68. The minimum atomic E-state index is -0.0946. The Labute approximate surface area is 121 Å². The molecule has 1 rings (SSSR count). The van der Waals surface area contributed by atoms with Gasteiger partial charge in [-0.05, 0) is 40.2 Å². The van der Waals surface area contributed by atoms with Crippen LogP contribution in [0.3, 0.4) is 0 Å². The predicted molar refractivity (Wildman–Crippen MR) is 78.4 cm³/mol. The summed E-state index contributed by atoms with van der Waals surface area (Å²) >= 11 is 0. The van der Waals surface area contributed by atoms with Gasteiger partial charge in [0.1, 0.15) is 0 Å². The molecule has 0 aromatic heterocycles. The number of piperidine rings is 1. The molecule has 0 aliphatic carbocycles. The number of carbonyl (C=O) groups is 2. The van der Waals surface area contributed by atoms with Gasteiger partial charge in [-0.3, -0.25) is 9.59 Å². The first-order valence-electron chi connectivity index (χ1n) is 6.68. The van der Waals surface area contributed by atoms with Crippen LogP contribution in [0.15, 0.2) is 0 Å². The van der Waals surface area contributed by atoms with Gasteiger partial charge in [-0.1, -0.05) is 0 Å². The third-order valence-corrected chi connectivity index (χ3v) is 3.18. The van der Waals surface area contributed by atoms with Crippen LogP contribution >= 0.6 is 12.4 Å². The second-order valence-electron chi connectivity index (χ2n) is 5.49. The zero-order valence-electron chi connectivity index (χ0n) is 12.2. The number of hydrogen-bond donors (Lipinski definition) is 2. The maximum atomic E-state index is 12.2. The highest BCUT2D eigenvalue weighted by Crippen LogP contribution is 2.18. The number of nitrogens with zero attached hydrogens (tertiary/aromatic N) is 1. The highest BCUT2D eigenvalue weighted by molar-refractivity contribution is 5.86. The maximum absolute atomic E-state index is 12.2. The standard InChI is InChI=1S/C13H25N3O2.ClH/c1-9(2)15-12(17)8-16(4)13(18)11-5-6-14-10(3)7-11;/h9-11,14H,5-8H2,1-4H3,(H,15,17);1H/t10-,11-;/m0./s1. The molecule has 0 aromatic carbocycles. The molecule has 2 atom stereocenters. The summed E-state index contributed by atoms with van der Waals surface area (Å²) in [6.45, 7) is 6.94. The highest BCUT2D eigenvalue weighted by atomic mass is 35.5. The second kappa shape index (κ2) is 8.38. The topological polar surface area (TPSA) is 61.4 Å². The summed E-state index contributed by atoms with van der Waals surface area (Å²) in [7, 11) is 1.70. The normalized spacial score (nSPS) is 22.6. The van der Waals surface area contributed by atoms with Crippen LogP contribution in [0.25, 0.3) is 0 Å². The molecule has 1 heterocycles. The molecule has 0 unspecified atom stereocenters. The van der Waals surface area contributed by atoms with E-state index in [1.54, 1.807) is 11.9 Å². The van der Waals surface area contributed by atoms with Crippen molar-refractivity contribution in [2.75, 3.05) is 20.1 Å². The monoisotopic (exact) mass is 291 g/mol. The molecule has 1 fully saturated rings. The summed E-state index contributed by atoms with van der Waals surface area (Å²) in [6, 6.07) is 0.491. The van der Waals surface area contributed by atoms with Crippen LogP contribution in [0.2, 0.25) is 0 Å². The third kappa shape index (κ3) is 6.25. The number of rotatable bonds is 4. The molecule has 19 heavy (non-hydrogen) atoms. The van der Waals surface area contributed by atoms with Gasteiger partial charge in [0.15, 0.2) is 0 Å². The number of hydrogen-bond acceptors (Lipinski definition) is 3. The van der Waals surface area contributed by atoms with Crippen LogP contribution in [0.5, 0.6) is 0 Å². The molecular formula is C13H26ClN3O2. The molecule has 0 saturated carbocycles. The molecule has 1 saturated heterocycles. The molecular weight excluding hydrogens is 266 g/mol.